The summed E-state index contributed by atoms with van der Waals surface area (Å²) in [5.74, 6) is 0.418. The monoisotopic (exact) mass is 306 g/mol. The molecular formula is C15H18N2O3S. The molecule has 0 saturated carbocycles. The molecule has 6 heteroatoms. The van der Waals surface area contributed by atoms with Gasteiger partial charge in [-0.25, -0.2) is 4.98 Å². The molecule has 0 radical (unpaired) electrons. The van der Waals surface area contributed by atoms with Crippen LogP contribution in [-0.2, 0) is 11.3 Å². The third-order valence-corrected chi connectivity index (χ3v) is 3.70. The molecule has 0 spiro atoms. The molecule has 0 aliphatic heterocycles. The number of thioether (sulfide) groups is 1. The molecule has 0 amide bonds. The molecule has 5 nitrogen and oxygen atoms in total. The van der Waals surface area contributed by atoms with Crippen LogP contribution in [0.4, 0.5) is 0 Å². The van der Waals surface area contributed by atoms with E-state index in [1.807, 2.05) is 30.3 Å². The van der Waals surface area contributed by atoms with E-state index in [4.69, 9.17) is 4.74 Å². The maximum Gasteiger partial charge on any atom is 0.251 e. The SMILES string of the molecule is Cc1cc(=O)[nH]c(SCC(O)COCc2ccccc2)n1. The van der Waals surface area contributed by atoms with E-state index >= 15 is 0 Å². The second-order valence-electron chi connectivity index (χ2n) is 4.66. The van der Waals surface area contributed by atoms with E-state index in [-0.39, 0.29) is 12.2 Å². The van der Waals surface area contributed by atoms with E-state index in [1.165, 1.54) is 17.8 Å². The molecule has 2 aromatic rings. The van der Waals surface area contributed by atoms with Crippen LogP contribution in [0.3, 0.4) is 0 Å². The molecule has 1 atom stereocenters. The third-order valence-electron chi connectivity index (χ3n) is 2.68. The van der Waals surface area contributed by atoms with Gasteiger partial charge in [-0.3, -0.25) is 4.79 Å². The minimum atomic E-state index is -0.607. The summed E-state index contributed by atoms with van der Waals surface area (Å²) in [4.78, 5) is 18.1. The minimum Gasteiger partial charge on any atom is -0.390 e. The van der Waals surface area contributed by atoms with Crippen molar-refractivity contribution in [3.8, 4) is 0 Å². The van der Waals surface area contributed by atoms with Crippen LogP contribution in [0.25, 0.3) is 0 Å². The molecule has 2 rings (SSSR count). The maximum absolute atomic E-state index is 11.3. The second kappa shape index (κ2) is 7.97. The predicted molar refractivity (Wildman–Crippen MR) is 82.4 cm³/mol. The predicted octanol–water partition coefficient (Wildman–Crippen LogP) is 1.75. The summed E-state index contributed by atoms with van der Waals surface area (Å²) in [6, 6.07) is 11.2. The van der Waals surface area contributed by atoms with Crippen LogP contribution in [0.15, 0.2) is 46.3 Å². The summed E-state index contributed by atoms with van der Waals surface area (Å²) in [6.07, 6.45) is -0.607. The number of benzene rings is 1. The Labute approximate surface area is 127 Å². The topological polar surface area (TPSA) is 75.2 Å². The van der Waals surface area contributed by atoms with Gasteiger partial charge in [0.25, 0.3) is 5.56 Å². The van der Waals surface area contributed by atoms with Crippen molar-refractivity contribution >= 4 is 11.8 Å². The highest BCUT2D eigenvalue weighted by Crippen LogP contribution is 2.13. The van der Waals surface area contributed by atoms with Gasteiger partial charge in [0.1, 0.15) is 0 Å². The molecule has 1 aromatic heterocycles. The molecule has 0 fully saturated rings. The summed E-state index contributed by atoms with van der Waals surface area (Å²) < 4.78 is 5.46. The Morgan fingerprint density at radius 1 is 1.38 bits per heavy atom. The van der Waals surface area contributed by atoms with Crippen LogP contribution in [0.2, 0.25) is 0 Å². The molecule has 1 unspecified atom stereocenters. The molecular weight excluding hydrogens is 288 g/mol. The zero-order valence-electron chi connectivity index (χ0n) is 11.8. The summed E-state index contributed by atoms with van der Waals surface area (Å²) in [5, 5.41) is 10.4. The summed E-state index contributed by atoms with van der Waals surface area (Å²) >= 11 is 1.31. The molecule has 0 bridgehead atoms. The van der Waals surface area contributed by atoms with Gasteiger partial charge in [0.05, 0.1) is 19.3 Å². The van der Waals surface area contributed by atoms with Crippen LogP contribution in [0.1, 0.15) is 11.3 Å². The lowest BCUT2D eigenvalue weighted by molar-refractivity contribution is 0.0398. The molecule has 0 aliphatic rings. The Morgan fingerprint density at radius 2 is 2.14 bits per heavy atom. The number of hydrogen-bond donors (Lipinski definition) is 2. The smallest absolute Gasteiger partial charge is 0.251 e. The first-order chi connectivity index (χ1) is 10.1. The lowest BCUT2D eigenvalue weighted by atomic mass is 10.2. The summed E-state index contributed by atoms with van der Waals surface area (Å²) in [5.41, 5.74) is 1.55. The average Bonchev–Trinajstić information content (AvgIpc) is 2.45. The highest BCUT2D eigenvalue weighted by Gasteiger charge is 2.07. The van der Waals surface area contributed by atoms with Gasteiger partial charge in [0.15, 0.2) is 5.16 Å². The van der Waals surface area contributed by atoms with Gasteiger partial charge in [0.2, 0.25) is 0 Å². The molecule has 2 N–H and O–H groups in total. The van der Waals surface area contributed by atoms with Crippen molar-refractivity contribution in [1.82, 2.24) is 9.97 Å². The Morgan fingerprint density at radius 3 is 2.86 bits per heavy atom. The Hall–Kier alpha value is -1.63. The first-order valence-corrected chi connectivity index (χ1v) is 7.62. The number of ether oxygens (including phenoxy) is 1. The summed E-state index contributed by atoms with van der Waals surface area (Å²) in [6.45, 7) is 2.48. The van der Waals surface area contributed by atoms with Crippen molar-refractivity contribution in [1.29, 1.82) is 0 Å². The second-order valence-corrected chi connectivity index (χ2v) is 5.67. The van der Waals surface area contributed by atoms with Gasteiger partial charge in [-0.1, -0.05) is 42.1 Å². The normalized spacial score (nSPS) is 12.3. The first kappa shape index (κ1) is 15.8. The van der Waals surface area contributed by atoms with Crippen molar-refractivity contribution < 1.29 is 9.84 Å². The number of rotatable bonds is 7. The fraction of sp³-hybridized carbons (Fsp3) is 0.333. The molecule has 112 valence electrons. The van der Waals surface area contributed by atoms with E-state index in [1.54, 1.807) is 6.92 Å². The van der Waals surface area contributed by atoms with Crippen molar-refractivity contribution in [2.75, 3.05) is 12.4 Å². The van der Waals surface area contributed by atoms with Gasteiger partial charge in [0, 0.05) is 17.5 Å². The number of aryl methyl sites for hydroxylation is 1. The Balaban J connectivity index is 1.72. The number of nitrogens with zero attached hydrogens (tertiary/aromatic N) is 1. The number of aliphatic hydroxyl groups excluding tert-OH is 1. The Bertz CT molecular complexity index is 616. The van der Waals surface area contributed by atoms with E-state index < -0.39 is 6.10 Å². The third kappa shape index (κ3) is 5.71. The van der Waals surface area contributed by atoms with Crippen LogP contribution in [-0.4, -0.2) is 33.5 Å². The molecule has 21 heavy (non-hydrogen) atoms. The quantitative estimate of drug-likeness (QED) is 0.602. The van der Waals surface area contributed by atoms with E-state index in [9.17, 15) is 9.90 Å². The minimum absolute atomic E-state index is 0.181. The average molecular weight is 306 g/mol. The number of aromatic nitrogens is 2. The fourth-order valence-electron chi connectivity index (χ4n) is 1.73. The number of hydrogen-bond acceptors (Lipinski definition) is 5. The summed E-state index contributed by atoms with van der Waals surface area (Å²) in [7, 11) is 0. The van der Waals surface area contributed by atoms with Gasteiger partial charge in [-0.15, -0.1) is 0 Å². The lowest BCUT2D eigenvalue weighted by Crippen LogP contribution is -2.18. The fourth-order valence-corrected chi connectivity index (χ4v) is 2.56. The Kier molecular flexibility index (Phi) is 5.98. The van der Waals surface area contributed by atoms with E-state index in [2.05, 4.69) is 9.97 Å². The van der Waals surface area contributed by atoms with Gasteiger partial charge in [-0.2, -0.15) is 0 Å². The standard InChI is InChI=1S/C15H18N2O3S/c1-11-7-14(19)17-15(16-11)21-10-13(18)9-20-8-12-5-3-2-4-6-12/h2-7,13,18H,8-10H2,1H3,(H,16,17,19). The maximum atomic E-state index is 11.3. The van der Waals surface area contributed by atoms with E-state index in [0.29, 0.717) is 23.2 Å². The highest BCUT2D eigenvalue weighted by atomic mass is 32.2. The highest BCUT2D eigenvalue weighted by molar-refractivity contribution is 7.99. The zero-order valence-corrected chi connectivity index (χ0v) is 12.6. The largest absolute Gasteiger partial charge is 0.390 e. The molecule has 1 heterocycles. The van der Waals surface area contributed by atoms with E-state index in [0.717, 1.165) is 5.56 Å². The van der Waals surface area contributed by atoms with Crippen molar-refractivity contribution in [2.45, 2.75) is 24.8 Å². The number of nitrogens with one attached hydrogen (secondary N) is 1. The molecule has 0 aliphatic carbocycles. The van der Waals surface area contributed by atoms with Crippen LogP contribution >= 0.6 is 11.8 Å². The van der Waals surface area contributed by atoms with Crippen LogP contribution in [0.5, 0.6) is 0 Å². The number of aromatic amines is 1. The van der Waals surface area contributed by atoms with Crippen LogP contribution < -0.4 is 5.56 Å². The van der Waals surface area contributed by atoms with Crippen molar-refractivity contribution in [2.24, 2.45) is 0 Å². The van der Waals surface area contributed by atoms with Gasteiger partial charge < -0.3 is 14.8 Å². The van der Waals surface area contributed by atoms with Gasteiger partial charge in [-0.05, 0) is 12.5 Å². The van der Waals surface area contributed by atoms with Crippen LogP contribution in [0, 0.1) is 6.92 Å². The number of H-pyrrole nitrogens is 1. The van der Waals surface area contributed by atoms with Crippen molar-refractivity contribution in [3.63, 3.8) is 0 Å². The molecule has 0 saturated heterocycles. The van der Waals surface area contributed by atoms with Gasteiger partial charge >= 0.3 is 0 Å². The molecule has 1 aromatic carbocycles. The zero-order chi connectivity index (χ0) is 15.1. The first-order valence-electron chi connectivity index (χ1n) is 6.64. The lowest BCUT2D eigenvalue weighted by Gasteiger charge is -2.10. The number of aliphatic hydroxyl groups is 1. The van der Waals surface area contributed by atoms with Crippen molar-refractivity contribution in [3.05, 3.63) is 58.0 Å².